The first kappa shape index (κ1) is 20.7. The maximum absolute atomic E-state index is 12.7. The van der Waals surface area contributed by atoms with Crippen LogP contribution in [-0.2, 0) is 10.0 Å². The quantitative estimate of drug-likeness (QED) is 0.806. The molecule has 2 aromatic rings. The number of aryl methyl sites for hydroxylation is 1. The first-order valence-electron chi connectivity index (χ1n) is 8.87. The number of benzene rings is 1. The van der Waals surface area contributed by atoms with Crippen LogP contribution in [0.4, 0.5) is 18.9 Å². The number of anilines is 1. The molecule has 1 saturated heterocycles. The molecule has 1 aliphatic heterocycles. The smallest absolute Gasteiger partial charge is 0.494 e. The third-order valence-corrected chi connectivity index (χ3v) is 6.67. The normalized spacial score (nSPS) is 17.0. The van der Waals surface area contributed by atoms with Gasteiger partial charge in [0.25, 0.3) is 0 Å². The molecule has 1 aromatic carbocycles. The summed E-state index contributed by atoms with van der Waals surface area (Å²) in [4.78, 5) is 4.42. The molecule has 28 heavy (non-hydrogen) atoms. The number of fused-ring (bicyclic) bond motifs is 1. The average molecular weight is 417 g/mol. The van der Waals surface area contributed by atoms with Crippen LogP contribution in [0.15, 0.2) is 24.4 Å². The van der Waals surface area contributed by atoms with Crippen LogP contribution in [0.2, 0.25) is 0 Å². The Hall–Kier alpha value is -2.07. The van der Waals surface area contributed by atoms with Gasteiger partial charge in [-0.2, -0.15) is 17.5 Å². The predicted molar refractivity (Wildman–Crippen MR) is 101 cm³/mol. The molecule has 1 fully saturated rings. The first-order chi connectivity index (χ1) is 13.1. The second-order valence-corrected chi connectivity index (χ2v) is 8.78. The number of sulfonamides is 1. The summed E-state index contributed by atoms with van der Waals surface area (Å²) in [7, 11) is -3.67. The topological polar surface area (TPSA) is 71.5 Å². The van der Waals surface area contributed by atoms with Crippen LogP contribution >= 0.6 is 0 Å². The summed E-state index contributed by atoms with van der Waals surface area (Å²) in [5.41, 5.74) is -2.68. The number of hydrogen-bond donors (Lipinski definition) is 1. The van der Waals surface area contributed by atoms with Gasteiger partial charge in [-0.1, -0.05) is 12.1 Å². The molecule has 0 spiro atoms. The van der Waals surface area contributed by atoms with Crippen LogP contribution in [-0.4, -0.2) is 50.0 Å². The van der Waals surface area contributed by atoms with Crippen LogP contribution in [0.3, 0.4) is 0 Å². The molecule has 10 heteroatoms. The van der Waals surface area contributed by atoms with Crippen LogP contribution in [0.25, 0.3) is 10.9 Å². The number of nitrogens with zero attached hydrogens (tertiary/aromatic N) is 2. The fourth-order valence-corrected chi connectivity index (χ4v) is 4.43. The number of hydrogen-bond acceptors (Lipinski definition) is 5. The number of piperidine rings is 1. The Labute approximate surface area is 161 Å². The molecule has 1 N–H and O–H groups in total. The number of rotatable bonds is 5. The van der Waals surface area contributed by atoms with Gasteiger partial charge in [-0.15, -0.1) is 0 Å². The van der Waals surface area contributed by atoms with Crippen LogP contribution in [0.1, 0.15) is 18.4 Å². The molecule has 0 atom stereocenters. The fourth-order valence-electron chi connectivity index (χ4n) is 3.44. The number of halogens is 3. The Kier molecular flexibility index (Phi) is 5.72. The van der Waals surface area contributed by atoms with Gasteiger partial charge in [0.15, 0.2) is 0 Å². The van der Waals surface area contributed by atoms with Crippen LogP contribution in [0, 0.1) is 12.8 Å². The lowest BCUT2D eigenvalue weighted by Crippen LogP contribution is -2.45. The molecule has 3 rings (SSSR count). The highest BCUT2D eigenvalue weighted by atomic mass is 32.2. The van der Waals surface area contributed by atoms with E-state index in [1.54, 1.807) is 13.3 Å². The average Bonchev–Trinajstić information content (AvgIpc) is 2.66. The number of methoxy groups -OCH3 is 1. The number of ether oxygens (including phenoxy) is 1. The highest BCUT2D eigenvalue weighted by Crippen LogP contribution is 2.33. The monoisotopic (exact) mass is 417 g/mol. The summed E-state index contributed by atoms with van der Waals surface area (Å²) >= 11 is 0. The second-order valence-electron chi connectivity index (χ2n) is 6.85. The molecular formula is C18H22F3N3O3S. The van der Waals surface area contributed by atoms with Crippen molar-refractivity contribution in [3.63, 3.8) is 0 Å². The van der Waals surface area contributed by atoms with Gasteiger partial charge < -0.3 is 10.1 Å². The molecule has 1 aromatic heterocycles. The number of alkyl halides is 3. The van der Waals surface area contributed by atoms with Gasteiger partial charge in [0.2, 0.25) is 0 Å². The van der Waals surface area contributed by atoms with E-state index in [4.69, 9.17) is 4.74 Å². The lowest BCUT2D eigenvalue weighted by molar-refractivity contribution is -0.0496. The van der Waals surface area contributed by atoms with Crippen molar-refractivity contribution in [1.29, 1.82) is 0 Å². The van der Waals surface area contributed by atoms with E-state index in [1.807, 2.05) is 25.1 Å². The molecule has 2 heterocycles. The van der Waals surface area contributed by atoms with E-state index in [0.29, 0.717) is 29.4 Å². The SMILES string of the molecule is COc1cccc2c(NCC3CCN(S(=O)(=O)C(F)(F)F)CC3)c(C)cnc12. The second kappa shape index (κ2) is 7.75. The van der Waals surface area contributed by atoms with Crippen molar-refractivity contribution in [2.45, 2.75) is 25.3 Å². The lowest BCUT2D eigenvalue weighted by Gasteiger charge is -2.32. The van der Waals surface area contributed by atoms with E-state index in [0.717, 1.165) is 22.2 Å². The first-order valence-corrected chi connectivity index (χ1v) is 10.3. The van der Waals surface area contributed by atoms with Crippen molar-refractivity contribution in [3.8, 4) is 5.75 Å². The fraction of sp³-hybridized carbons (Fsp3) is 0.500. The molecular weight excluding hydrogens is 395 g/mol. The Morgan fingerprint density at radius 3 is 2.57 bits per heavy atom. The minimum atomic E-state index is -5.25. The molecule has 154 valence electrons. The zero-order valence-electron chi connectivity index (χ0n) is 15.6. The molecule has 0 bridgehead atoms. The van der Waals surface area contributed by atoms with Gasteiger partial charge in [-0.05, 0) is 37.3 Å². The highest BCUT2D eigenvalue weighted by molar-refractivity contribution is 7.90. The molecule has 1 aliphatic rings. The number of aromatic nitrogens is 1. The Balaban J connectivity index is 1.69. The molecule has 0 saturated carbocycles. The Morgan fingerprint density at radius 2 is 1.96 bits per heavy atom. The molecule has 0 radical (unpaired) electrons. The number of para-hydroxylation sites is 1. The van der Waals surface area contributed by atoms with Crippen LogP contribution < -0.4 is 10.1 Å². The van der Waals surface area contributed by atoms with Gasteiger partial charge >= 0.3 is 15.5 Å². The summed E-state index contributed by atoms with van der Waals surface area (Å²) in [6.07, 6.45) is 2.48. The van der Waals surface area contributed by atoms with Crippen molar-refractivity contribution >= 4 is 26.6 Å². The third kappa shape index (κ3) is 3.88. The molecule has 0 aliphatic carbocycles. The minimum absolute atomic E-state index is 0.0768. The molecule has 6 nitrogen and oxygen atoms in total. The maximum Gasteiger partial charge on any atom is 0.511 e. The van der Waals surface area contributed by atoms with E-state index in [9.17, 15) is 21.6 Å². The zero-order valence-corrected chi connectivity index (χ0v) is 16.4. The largest absolute Gasteiger partial charge is 0.511 e. The molecule has 0 unspecified atom stereocenters. The van der Waals surface area contributed by atoms with E-state index in [1.165, 1.54) is 0 Å². The summed E-state index contributed by atoms with van der Waals surface area (Å²) in [6.45, 7) is 2.21. The van der Waals surface area contributed by atoms with Crippen molar-refractivity contribution in [2.24, 2.45) is 5.92 Å². The Bertz CT molecular complexity index is 956. The summed E-state index contributed by atoms with van der Waals surface area (Å²) in [6, 6.07) is 5.62. The summed E-state index contributed by atoms with van der Waals surface area (Å²) < 4.78 is 66.9. The predicted octanol–water partition coefficient (Wildman–Crippen LogP) is 3.53. The lowest BCUT2D eigenvalue weighted by atomic mass is 9.97. The number of pyridine rings is 1. The standard InChI is InChI=1S/C18H22F3N3O3S/c1-12-10-22-17-14(4-3-5-15(17)27-2)16(12)23-11-13-6-8-24(9-7-13)28(25,26)18(19,20)21/h3-5,10,13H,6-9,11H2,1-2H3,(H,22,23). The van der Waals surface area contributed by atoms with Crippen molar-refractivity contribution in [2.75, 3.05) is 32.1 Å². The summed E-state index contributed by atoms with van der Waals surface area (Å²) in [5.74, 6) is 0.735. The Morgan fingerprint density at radius 1 is 1.29 bits per heavy atom. The third-order valence-electron chi connectivity index (χ3n) is 5.04. The van der Waals surface area contributed by atoms with Gasteiger partial charge in [0.1, 0.15) is 11.3 Å². The van der Waals surface area contributed by atoms with E-state index < -0.39 is 15.5 Å². The van der Waals surface area contributed by atoms with E-state index in [2.05, 4.69) is 10.3 Å². The number of nitrogens with one attached hydrogen (secondary N) is 1. The van der Waals surface area contributed by atoms with Gasteiger partial charge in [0.05, 0.1) is 7.11 Å². The van der Waals surface area contributed by atoms with Gasteiger partial charge in [-0.25, -0.2) is 8.42 Å². The highest BCUT2D eigenvalue weighted by Gasteiger charge is 2.50. The minimum Gasteiger partial charge on any atom is -0.494 e. The van der Waals surface area contributed by atoms with E-state index in [-0.39, 0.29) is 19.0 Å². The van der Waals surface area contributed by atoms with E-state index >= 15 is 0 Å². The van der Waals surface area contributed by atoms with Crippen molar-refractivity contribution < 1.29 is 26.3 Å². The van der Waals surface area contributed by atoms with Gasteiger partial charge in [-0.3, -0.25) is 4.98 Å². The van der Waals surface area contributed by atoms with Crippen LogP contribution in [0.5, 0.6) is 5.75 Å². The van der Waals surface area contributed by atoms with Crippen molar-refractivity contribution in [3.05, 3.63) is 30.0 Å². The zero-order chi connectivity index (χ0) is 20.5. The molecule has 0 amide bonds. The summed E-state index contributed by atoms with van der Waals surface area (Å²) in [5, 5.41) is 4.27. The van der Waals surface area contributed by atoms with Gasteiger partial charge in [0, 0.05) is 36.9 Å². The van der Waals surface area contributed by atoms with Crippen molar-refractivity contribution in [1.82, 2.24) is 9.29 Å². The maximum atomic E-state index is 12.7.